The van der Waals surface area contributed by atoms with E-state index in [1.54, 1.807) is 6.33 Å². The molecule has 0 amide bonds. The monoisotopic (exact) mass is 363 g/mol. The van der Waals surface area contributed by atoms with Gasteiger partial charge in [0, 0.05) is 16.8 Å². The lowest BCUT2D eigenvalue weighted by molar-refractivity contribution is 0.598. The van der Waals surface area contributed by atoms with Crippen molar-refractivity contribution in [2.24, 2.45) is 0 Å². The molecule has 5 heteroatoms. The highest BCUT2D eigenvalue weighted by Gasteiger charge is 2.18. The standard InChI is InChI=1S/C21H18ClN3O/c1-14(2)24-13-23-20(26)18-12-19(15-6-4-3-5-7-15)25(21(18)24)17-10-8-16(22)9-11-17/h3-14H,1-2H3. The lowest BCUT2D eigenvalue weighted by Gasteiger charge is -2.17. The Bertz CT molecular complexity index is 1130. The minimum absolute atomic E-state index is 0.162. The Kier molecular flexibility index (Phi) is 4.13. The van der Waals surface area contributed by atoms with E-state index in [0.717, 1.165) is 22.6 Å². The maximum atomic E-state index is 12.5. The first-order chi connectivity index (χ1) is 12.6. The fourth-order valence-corrected chi connectivity index (χ4v) is 3.33. The summed E-state index contributed by atoms with van der Waals surface area (Å²) in [6, 6.07) is 19.8. The molecular formula is C21H18ClN3O. The molecule has 0 N–H and O–H groups in total. The van der Waals surface area contributed by atoms with Crippen LogP contribution < -0.4 is 5.56 Å². The lowest BCUT2D eigenvalue weighted by atomic mass is 10.1. The Morgan fingerprint density at radius 2 is 1.69 bits per heavy atom. The van der Waals surface area contributed by atoms with Crippen molar-refractivity contribution in [2.75, 3.05) is 0 Å². The Balaban J connectivity index is 2.16. The van der Waals surface area contributed by atoms with Gasteiger partial charge in [0.2, 0.25) is 0 Å². The maximum Gasteiger partial charge on any atom is 0.282 e. The topological polar surface area (TPSA) is 39.8 Å². The fourth-order valence-electron chi connectivity index (χ4n) is 3.20. The van der Waals surface area contributed by atoms with Crippen molar-refractivity contribution in [2.45, 2.75) is 19.9 Å². The number of hydrogen-bond donors (Lipinski definition) is 0. The van der Waals surface area contributed by atoms with Crippen molar-refractivity contribution in [3.05, 3.63) is 82.4 Å². The van der Waals surface area contributed by atoms with Gasteiger partial charge in [0.15, 0.2) is 0 Å². The van der Waals surface area contributed by atoms with Crippen molar-refractivity contribution in [3.8, 4) is 16.9 Å². The number of fused-ring (bicyclic) bond motifs is 1. The van der Waals surface area contributed by atoms with E-state index in [2.05, 4.69) is 23.4 Å². The van der Waals surface area contributed by atoms with Crippen LogP contribution in [0, 0.1) is 0 Å². The molecule has 0 aliphatic heterocycles. The van der Waals surface area contributed by atoms with E-state index in [0.29, 0.717) is 10.4 Å². The summed E-state index contributed by atoms with van der Waals surface area (Å²) in [7, 11) is 0. The highest BCUT2D eigenvalue weighted by Crippen LogP contribution is 2.31. The van der Waals surface area contributed by atoms with Crippen molar-refractivity contribution in [1.82, 2.24) is 14.1 Å². The van der Waals surface area contributed by atoms with Crippen molar-refractivity contribution in [1.29, 1.82) is 0 Å². The van der Waals surface area contributed by atoms with Crippen LogP contribution >= 0.6 is 11.6 Å². The van der Waals surface area contributed by atoms with Crippen molar-refractivity contribution in [3.63, 3.8) is 0 Å². The Hall–Kier alpha value is -2.85. The minimum atomic E-state index is -0.221. The zero-order chi connectivity index (χ0) is 18.3. The summed E-state index contributed by atoms with van der Waals surface area (Å²) in [4.78, 5) is 16.5. The van der Waals surface area contributed by atoms with E-state index < -0.39 is 0 Å². The van der Waals surface area contributed by atoms with Crippen LogP contribution in [-0.2, 0) is 0 Å². The molecule has 2 aromatic carbocycles. The van der Waals surface area contributed by atoms with Crippen LogP contribution in [0.15, 0.2) is 71.8 Å². The van der Waals surface area contributed by atoms with Crippen molar-refractivity contribution >= 4 is 22.6 Å². The van der Waals surface area contributed by atoms with Gasteiger partial charge in [-0.3, -0.25) is 9.36 Å². The SMILES string of the molecule is CC(C)n1cnc(=O)c2cc(-c3ccccc3)n(-c3ccc(Cl)cc3)c21. The van der Waals surface area contributed by atoms with Gasteiger partial charge < -0.3 is 4.57 Å². The first kappa shape index (κ1) is 16.6. The molecule has 0 atom stereocenters. The van der Waals surface area contributed by atoms with E-state index >= 15 is 0 Å². The summed E-state index contributed by atoms with van der Waals surface area (Å²) in [5.41, 5.74) is 3.54. The third-order valence-corrected chi connectivity index (χ3v) is 4.71. The van der Waals surface area contributed by atoms with Gasteiger partial charge in [-0.15, -0.1) is 0 Å². The third kappa shape index (κ3) is 2.72. The summed E-state index contributed by atoms with van der Waals surface area (Å²) < 4.78 is 4.13. The molecule has 2 aromatic heterocycles. The van der Waals surface area contributed by atoms with E-state index in [1.165, 1.54) is 0 Å². The Morgan fingerprint density at radius 3 is 2.35 bits per heavy atom. The number of benzene rings is 2. The van der Waals surface area contributed by atoms with Gasteiger partial charge in [0.25, 0.3) is 5.56 Å². The predicted molar refractivity (Wildman–Crippen MR) is 106 cm³/mol. The number of aromatic nitrogens is 3. The summed E-state index contributed by atoms with van der Waals surface area (Å²) in [5.74, 6) is 0. The van der Waals surface area contributed by atoms with Gasteiger partial charge >= 0.3 is 0 Å². The number of halogens is 1. The molecular weight excluding hydrogens is 346 g/mol. The Labute approximate surface area is 156 Å². The second-order valence-corrected chi connectivity index (χ2v) is 6.93. The molecule has 0 radical (unpaired) electrons. The molecule has 2 heterocycles. The molecule has 4 rings (SSSR count). The average molecular weight is 364 g/mol. The summed E-state index contributed by atoms with van der Waals surface area (Å²) in [5, 5.41) is 1.28. The smallest absolute Gasteiger partial charge is 0.282 e. The fraction of sp³-hybridized carbons (Fsp3) is 0.143. The molecule has 130 valence electrons. The lowest BCUT2D eigenvalue weighted by Crippen LogP contribution is -2.15. The molecule has 0 spiro atoms. The Morgan fingerprint density at radius 1 is 1.00 bits per heavy atom. The average Bonchev–Trinajstić information content (AvgIpc) is 3.04. The molecule has 0 aliphatic rings. The second kappa shape index (κ2) is 6.46. The quantitative estimate of drug-likeness (QED) is 0.508. The molecule has 0 bridgehead atoms. The van der Waals surface area contributed by atoms with Gasteiger partial charge in [0.05, 0.1) is 11.1 Å². The van der Waals surface area contributed by atoms with Gasteiger partial charge in [-0.05, 0) is 49.7 Å². The predicted octanol–water partition coefficient (Wildman–Crippen LogP) is 5.09. The van der Waals surface area contributed by atoms with Crippen LogP contribution in [0.3, 0.4) is 0 Å². The minimum Gasteiger partial charge on any atom is -0.315 e. The third-order valence-electron chi connectivity index (χ3n) is 4.46. The highest BCUT2D eigenvalue weighted by molar-refractivity contribution is 6.30. The van der Waals surface area contributed by atoms with Crippen LogP contribution in [0.4, 0.5) is 0 Å². The molecule has 4 nitrogen and oxygen atoms in total. The first-order valence-electron chi connectivity index (χ1n) is 8.50. The molecule has 0 fully saturated rings. The summed E-state index contributed by atoms with van der Waals surface area (Å²) in [6.07, 6.45) is 1.62. The number of rotatable bonds is 3. The zero-order valence-corrected chi connectivity index (χ0v) is 15.3. The second-order valence-electron chi connectivity index (χ2n) is 6.50. The van der Waals surface area contributed by atoms with Gasteiger partial charge in [-0.2, -0.15) is 4.98 Å². The zero-order valence-electron chi connectivity index (χ0n) is 14.6. The van der Waals surface area contributed by atoms with Gasteiger partial charge in [-0.25, -0.2) is 0 Å². The number of nitrogens with zero attached hydrogens (tertiary/aromatic N) is 3. The summed E-state index contributed by atoms with van der Waals surface area (Å²) >= 11 is 6.08. The molecule has 0 saturated carbocycles. The molecule has 0 aliphatic carbocycles. The van der Waals surface area contributed by atoms with E-state index in [9.17, 15) is 4.79 Å². The van der Waals surface area contributed by atoms with Crippen molar-refractivity contribution < 1.29 is 0 Å². The van der Waals surface area contributed by atoms with E-state index in [-0.39, 0.29) is 11.6 Å². The first-order valence-corrected chi connectivity index (χ1v) is 8.88. The van der Waals surface area contributed by atoms with E-state index in [4.69, 9.17) is 11.6 Å². The molecule has 4 aromatic rings. The van der Waals surface area contributed by atoms with Crippen LogP contribution in [0.2, 0.25) is 5.02 Å². The van der Waals surface area contributed by atoms with Crippen LogP contribution in [-0.4, -0.2) is 14.1 Å². The van der Waals surface area contributed by atoms with Crippen LogP contribution in [0.5, 0.6) is 0 Å². The highest BCUT2D eigenvalue weighted by atomic mass is 35.5. The molecule has 0 unspecified atom stereocenters. The largest absolute Gasteiger partial charge is 0.315 e. The van der Waals surface area contributed by atoms with Crippen LogP contribution in [0.1, 0.15) is 19.9 Å². The maximum absolute atomic E-state index is 12.5. The van der Waals surface area contributed by atoms with Crippen LogP contribution in [0.25, 0.3) is 28.0 Å². The van der Waals surface area contributed by atoms with Gasteiger partial charge in [0.1, 0.15) is 12.0 Å². The molecule has 26 heavy (non-hydrogen) atoms. The summed E-state index contributed by atoms with van der Waals surface area (Å²) in [6.45, 7) is 4.15. The molecule has 0 saturated heterocycles. The normalized spacial score (nSPS) is 11.4. The number of hydrogen-bond acceptors (Lipinski definition) is 2. The van der Waals surface area contributed by atoms with E-state index in [1.807, 2.05) is 65.2 Å². The van der Waals surface area contributed by atoms with Gasteiger partial charge in [-0.1, -0.05) is 41.9 Å².